The lowest BCUT2D eigenvalue weighted by molar-refractivity contribution is 0.0936. The van der Waals surface area contributed by atoms with E-state index in [9.17, 15) is 9.59 Å². The summed E-state index contributed by atoms with van der Waals surface area (Å²) in [6.07, 6.45) is 5.28. The van der Waals surface area contributed by atoms with Gasteiger partial charge in [0.1, 0.15) is 5.56 Å². The smallest absolute Gasteiger partial charge is 0.349 e. The molecular formula is C22H19N3O4. The molecule has 1 atom stereocenters. The van der Waals surface area contributed by atoms with Gasteiger partial charge in [-0.2, -0.15) is 0 Å². The number of rotatable bonds is 5. The van der Waals surface area contributed by atoms with Crippen LogP contribution < -0.4 is 15.7 Å². The van der Waals surface area contributed by atoms with Gasteiger partial charge in [-0.1, -0.05) is 24.3 Å². The van der Waals surface area contributed by atoms with Crippen LogP contribution in [0.5, 0.6) is 5.75 Å². The predicted molar refractivity (Wildman–Crippen MR) is 108 cm³/mol. The van der Waals surface area contributed by atoms with Gasteiger partial charge in [-0.05, 0) is 36.8 Å². The fourth-order valence-electron chi connectivity index (χ4n) is 3.14. The van der Waals surface area contributed by atoms with Crippen molar-refractivity contribution < 1.29 is 13.9 Å². The van der Waals surface area contributed by atoms with Crippen LogP contribution in [-0.4, -0.2) is 22.6 Å². The maximum absolute atomic E-state index is 12.7. The summed E-state index contributed by atoms with van der Waals surface area (Å²) >= 11 is 0. The van der Waals surface area contributed by atoms with Gasteiger partial charge in [0.15, 0.2) is 11.3 Å². The van der Waals surface area contributed by atoms with Crippen LogP contribution in [0.15, 0.2) is 76.5 Å². The van der Waals surface area contributed by atoms with Crippen LogP contribution in [0.4, 0.5) is 0 Å². The summed E-state index contributed by atoms with van der Waals surface area (Å²) in [5.74, 6) is -0.0486. The lowest BCUT2D eigenvalue weighted by Gasteiger charge is -2.15. The number of aromatic nitrogens is 2. The molecule has 2 aromatic heterocycles. The Balaban J connectivity index is 1.56. The Labute approximate surface area is 166 Å². The Morgan fingerprint density at radius 2 is 2.00 bits per heavy atom. The number of carbonyl (C=O) groups excluding carboxylic acids is 1. The van der Waals surface area contributed by atoms with Crippen molar-refractivity contribution in [1.82, 2.24) is 14.9 Å². The van der Waals surface area contributed by atoms with E-state index in [1.807, 2.05) is 42.0 Å². The van der Waals surface area contributed by atoms with Gasteiger partial charge in [-0.3, -0.25) is 4.79 Å². The van der Waals surface area contributed by atoms with Crippen molar-refractivity contribution in [2.45, 2.75) is 13.0 Å². The molecule has 0 bridgehead atoms. The first-order valence-corrected chi connectivity index (χ1v) is 9.07. The number of methoxy groups -OCH3 is 1. The molecule has 0 aliphatic heterocycles. The number of nitrogens with zero attached hydrogens (tertiary/aromatic N) is 2. The zero-order chi connectivity index (χ0) is 20.4. The maximum atomic E-state index is 12.7. The van der Waals surface area contributed by atoms with Gasteiger partial charge in [0.05, 0.1) is 19.5 Å². The van der Waals surface area contributed by atoms with Crippen molar-refractivity contribution in [2.75, 3.05) is 7.11 Å². The molecule has 29 heavy (non-hydrogen) atoms. The molecule has 7 nitrogen and oxygen atoms in total. The van der Waals surface area contributed by atoms with Gasteiger partial charge in [0.25, 0.3) is 5.91 Å². The molecule has 4 rings (SSSR count). The largest absolute Gasteiger partial charge is 0.493 e. The van der Waals surface area contributed by atoms with Gasteiger partial charge in [-0.15, -0.1) is 0 Å². The Kier molecular flexibility index (Phi) is 4.87. The number of fused-ring (bicyclic) bond motifs is 1. The molecule has 7 heteroatoms. The number of hydrogen-bond donors (Lipinski definition) is 1. The average Bonchev–Trinajstić information content (AvgIpc) is 3.27. The van der Waals surface area contributed by atoms with Gasteiger partial charge >= 0.3 is 5.63 Å². The molecule has 0 aliphatic carbocycles. The minimum atomic E-state index is -0.706. The number of nitrogens with one attached hydrogen (secondary N) is 1. The Morgan fingerprint density at radius 1 is 1.21 bits per heavy atom. The van der Waals surface area contributed by atoms with E-state index in [2.05, 4.69) is 10.3 Å². The van der Waals surface area contributed by atoms with Crippen molar-refractivity contribution in [1.29, 1.82) is 0 Å². The molecule has 146 valence electrons. The molecule has 1 amide bonds. The maximum Gasteiger partial charge on any atom is 0.349 e. The monoisotopic (exact) mass is 389 g/mol. The van der Waals surface area contributed by atoms with Crippen LogP contribution in [0.25, 0.3) is 16.7 Å². The van der Waals surface area contributed by atoms with Crippen molar-refractivity contribution in [3.8, 4) is 11.4 Å². The number of imidazole rings is 1. The normalized spacial score (nSPS) is 11.9. The second-order valence-corrected chi connectivity index (χ2v) is 6.58. The van der Waals surface area contributed by atoms with E-state index in [-0.39, 0.29) is 11.6 Å². The molecule has 4 aromatic rings. The van der Waals surface area contributed by atoms with Crippen LogP contribution in [-0.2, 0) is 0 Å². The average molecular weight is 389 g/mol. The van der Waals surface area contributed by atoms with Crippen molar-refractivity contribution >= 4 is 16.9 Å². The standard InChI is InChI=1S/C22H19N3O4/c1-14(15-6-8-17(9-7-15)25-11-10-23-13-25)24-21(26)18-12-16-4-3-5-19(28-2)20(16)29-22(18)27/h3-14H,1-2H3,(H,24,26). The zero-order valence-corrected chi connectivity index (χ0v) is 16.0. The molecule has 1 unspecified atom stereocenters. The second kappa shape index (κ2) is 7.63. The summed E-state index contributed by atoms with van der Waals surface area (Å²) in [7, 11) is 1.50. The van der Waals surface area contributed by atoms with E-state index in [0.717, 1.165) is 11.3 Å². The highest BCUT2D eigenvalue weighted by Crippen LogP contribution is 2.24. The van der Waals surface area contributed by atoms with Crippen LogP contribution in [0.2, 0.25) is 0 Å². The first kappa shape index (κ1) is 18.5. The summed E-state index contributed by atoms with van der Waals surface area (Å²) in [5, 5.41) is 3.47. The Morgan fingerprint density at radius 3 is 2.69 bits per heavy atom. The molecule has 0 aliphatic rings. The number of carbonyl (C=O) groups is 1. The molecule has 2 heterocycles. The fourth-order valence-corrected chi connectivity index (χ4v) is 3.14. The zero-order valence-electron chi connectivity index (χ0n) is 16.0. The molecule has 2 aromatic carbocycles. The number of amides is 1. The minimum Gasteiger partial charge on any atom is -0.493 e. The third-order valence-electron chi connectivity index (χ3n) is 4.73. The number of para-hydroxylation sites is 1. The summed E-state index contributed by atoms with van der Waals surface area (Å²) in [4.78, 5) is 29.1. The van der Waals surface area contributed by atoms with Crippen molar-refractivity contribution in [3.05, 3.63) is 88.8 Å². The highest BCUT2D eigenvalue weighted by Gasteiger charge is 2.18. The highest BCUT2D eigenvalue weighted by atomic mass is 16.5. The molecule has 0 saturated heterocycles. The third-order valence-corrected chi connectivity index (χ3v) is 4.73. The van der Waals surface area contributed by atoms with Crippen molar-refractivity contribution in [2.24, 2.45) is 0 Å². The van der Waals surface area contributed by atoms with Crippen LogP contribution in [0.1, 0.15) is 28.9 Å². The van der Waals surface area contributed by atoms with Crippen LogP contribution >= 0.6 is 0 Å². The first-order valence-electron chi connectivity index (χ1n) is 9.07. The molecule has 0 saturated carbocycles. The summed E-state index contributed by atoms with van der Waals surface area (Å²) < 4.78 is 12.4. The van der Waals surface area contributed by atoms with Crippen LogP contribution in [0, 0.1) is 0 Å². The van der Waals surface area contributed by atoms with E-state index >= 15 is 0 Å². The third kappa shape index (κ3) is 3.62. The molecule has 1 N–H and O–H groups in total. The number of ether oxygens (including phenoxy) is 1. The summed E-state index contributed by atoms with van der Waals surface area (Å²) in [6, 6.07) is 14.2. The highest BCUT2D eigenvalue weighted by molar-refractivity contribution is 5.97. The SMILES string of the molecule is COc1cccc2cc(C(=O)NC(C)c3ccc(-n4ccnc4)cc3)c(=O)oc12. The summed E-state index contributed by atoms with van der Waals surface area (Å²) in [5.41, 5.74) is 1.44. The molecule has 0 fully saturated rings. The number of benzene rings is 2. The first-order chi connectivity index (χ1) is 14.1. The van der Waals surface area contributed by atoms with Gasteiger partial charge in [0.2, 0.25) is 0 Å². The number of hydrogen-bond acceptors (Lipinski definition) is 5. The van der Waals surface area contributed by atoms with Gasteiger partial charge in [-0.25, -0.2) is 9.78 Å². The van der Waals surface area contributed by atoms with E-state index < -0.39 is 11.5 Å². The predicted octanol–water partition coefficient (Wildman–Crippen LogP) is 3.48. The quantitative estimate of drug-likeness (QED) is 0.528. The topological polar surface area (TPSA) is 86.4 Å². The molecule has 0 spiro atoms. The fraction of sp³-hybridized carbons (Fsp3) is 0.136. The van der Waals surface area contributed by atoms with E-state index in [1.54, 1.807) is 30.7 Å². The summed E-state index contributed by atoms with van der Waals surface area (Å²) in [6.45, 7) is 1.86. The lowest BCUT2D eigenvalue weighted by atomic mass is 10.1. The van der Waals surface area contributed by atoms with Gasteiger partial charge in [0, 0.05) is 23.5 Å². The van der Waals surface area contributed by atoms with Gasteiger partial charge < -0.3 is 19.0 Å². The van der Waals surface area contributed by atoms with E-state index in [4.69, 9.17) is 9.15 Å². The van der Waals surface area contributed by atoms with Crippen LogP contribution in [0.3, 0.4) is 0 Å². The minimum absolute atomic E-state index is 0.0485. The van der Waals surface area contributed by atoms with E-state index in [0.29, 0.717) is 16.7 Å². The molecular weight excluding hydrogens is 370 g/mol. The lowest BCUT2D eigenvalue weighted by Crippen LogP contribution is -2.30. The second-order valence-electron chi connectivity index (χ2n) is 6.58. The van der Waals surface area contributed by atoms with Crippen molar-refractivity contribution in [3.63, 3.8) is 0 Å². The molecule has 0 radical (unpaired) electrons. The Bertz CT molecular complexity index is 1210. The van der Waals surface area contributed by atoms with E-state index in [1.165, 1.54) is 13.2 Å². The Hall–Kier alpha value is -3.87.